The number of amides is 1. The average molecular weight is 352 g/mol. The molecule has 1 aromatic rings. The van der Waals surface area contributed by atoms with Gasteiger partial charge in [0.2, 0.25) is 0 Å². The van der Waals surface area contributed by atoms with Gasteiger partial charge in [-0.1, -0.05) is 0 Å². The van der Waals surface area contributed by atoms with Crippen molar-refractivity contribution in [2.24, 2.45) is 0 Å². The van der Waals surface area contributed by atoms with Crippen molar-refractivity contribution < 1.29 is 23.9 Å². The highest BCUT2D eigenvalue weighted by molar-refractivity contribution is 5.99. The van der Waals surface area contributed by atoms with Gasteiger partial charge in [0.25, 0.3) is 11.6 Å². The van der Waals surface area contributed by atoms with Crippen molar-refractivity contribution in [3.8, 4) is 11.5 Å². The maximum atomic E-state index is 12.9. The van der Waals surface area contributed by atoms with Crippen molar-refractivity contribution in [1.29, 1.82) is 0 Å². The third-order valence-electron chi connectivity index (χ3n) is 4.13. The van der Waals surface area contributed by atoms with Gasteiger partial charge >= 0.3 is 0 Å². The molecule has 1 atom stereocenters. The van der Waals surface area contributed by atoms with Gasteiger partial charge in [-0.2, -0.15) is 0 Å². The second-order valence-electron chi connectivity index (χ2n) is 5.69. The van der Waals surface area contributed by atoms with E-state index >= 15 is 0 Å². The van der Waals surface area contributed by atoms with Crippen molar-refractivity contribution in [2.45, 2.75) is 32.8 Å². The van der Waals surface area contributed by atoms with Crippen LogP contribution >= 0.6 is 0 Å². The fourth-order valence-electron chi connectivity index (χ4n) is 2.86. The van der Waals surface area contributed by atoms with Crippen LogP contribution < -0.4 is 9.47 Å². The van der Waals surface area contributed by atoms with Crippen LogP contribution in [0.15, 0.2) is 12.1 Å². The van der Waals surface area contributed by atoms with E-state index in [0.29, 0.717) is 32.1 Å². The Morgan fingerprint density at radius 2 is 2.16 bits per heavy atom. The molecule has 1 aromatic carbocycles. The van der Waals surface area contributed by atoms with E-state index in [4.69, 9.17) is 14.2 Å². The Hall–Kier alpha value is -2.35. The molecule has 1 fully saturated rings. The van der Waals surface area contributed by atoms with Crippen LogP contribution in [0, 0.1) is 10.1 Å². The van der Waals surface area contributed by atoms with E-state index in [1.165, 1.54) is 19.2 Å². The Morgan fingerprint density at radius 3 is 2.68 bits per heavy atom. The number of carbonyl (C=O) groups excluding carboxylic acids is 1. The van der Waals surface area contributed by atoms with Crippen LogP contribution in [0.1, 0.15) is 37.0 Å². The summed E-state index contributed by atoms with van der Waals surface area (Å²) >= 11 is 0. The number of rotatable bonds is 8. The number of carbonyl (C=O) groups is 1. The van der Waals surface area contributed by atoms with Crippen molar-refractivity contribution >= 4 is 11.6 Å². The van der Waals surface area contributed by atoms with E-state index in [2.05, 4.69) is 0 Å². The maximum absolute atomic E-state index is 12.9. The number of hydrogen-bond acceptors (Lipinski definition) is 6. The number of benzene rings is 1. The molecule has 1 aliphatic rings. The number of methoxy groups -OCH3 is 1. The Morgan fingerprint density at radius 1 is 1.40 bits per heavy atom. The third kappa shape index (κ3) is 4.39. The summed E-state index contributed by atoms with van der Waals surface area (Å²) in [5.41, 5.74) is -0.301. The summed E-state index contributed by atoms with van der Waals surface area (Å²) in [5, 5.41) is 11.4. The highest BCUT2D eigenvalue weighted by Gasteiger charge is 2.29. The summed E-state index contributed by atoms with van der Waals surface area (Å²) in [7, 11) is 1.40. The average Bonchev–Trinajstić information content (AvgIpc) is 3.12. The first kappa shape index (κ1) is 19.0. The van der Waals surface area contributed by atoms with Gasteiger partial charge in [-0.25, -0.2) is 0 Å². The number of ether oxygens (including phenoxy) is 3. The maximum Gasteiger partial charge on any atom is 0.286 e. The van der Waals surface area contributed by atoms with Crippen molar-refractivity contribution in [1.82, 2.24) is 4.90 Å². The van der Waals surface area contributed by atoms with E-state index in [9.17, 15) is 14.9 Å². The molecule has 0 radical (unpaired) electrons. The minimum Gasteiger partial charge on any atom is -0.493 e. The monoisotopic (exact) mass is 352 g/mol. The molecule has 1 heterocycles. The molecular weight excluding hydrogens is 328 g/mol. The lowest BCUT2D eigenvalue weighted by Crippen LogP contribution is -2.37. The molecule has 0 aliphatic carbocycles. The molecule has 1 saturated heterocycles. The summed E-state index contributed by atoms with van der Waals surface area (Å²) < 4.78 is 16.2. The van der Waals surface area contributed by atoms with Crippen molar-refractivity contribution in [3.05, 3.63) is 27.8 Å². The predicted octanol–water partition coefficient (Wildman–Crippen LogP) is 2.64. The molecule has 8 heteroatoms. The smallest absolute Gasteiger partial charge is 0.286 e. The van der Waals surface area contributed by atoms with Crippen LogP contribution in [0.5, 0.6) is 11.5 Å². The van der Waals surface area contributed by atoms with E-state index < -0.39 is 10.8 Å². The van der Waals surface area contributed by atoms with Gasteiger partial charge in [-0.3, -0.25) is 14.9 Å². The molecular formula is C17H24N2O6. The second kappa shape index (κ2) is 8.66. The largest absolute Gasteiger partial charge is 0.493 e. The standard InChI is InChI=1S/C17H24N2O6/c1-4-18(11-12-7-6-8-25-12)17(20)13-9-16(24-5-2)15(23-3)10-14(13)19(21)22/h9-10,12H,4-8,11H2,1-3H3. The van der Waals surface area contributed by atoms with E-state index in [1.807, 2.05) is 6.92 Å². The van der Waals surface area contributed by atoms with Crippen molar-refractivity contribution in [3.63, 3.8) is 0 Å². The predicted molar refractivity (Wildman–Crippen MR) is 91.4 cm³/mol. The fourth-order valence-corrected chi connectivity index (χ4v) is 2.86. The first-order chi connectivity index (χ1) is 12.0. The summed E-state index contributed by atoms with van der Waals surface area (Å²) in [6.07, 6.45) is 1.83. The molecule has 0 aromatic heterocycles. The van der Waals surface area contributed by atoms with Gasteiger partial charge in [0.05, 0.1) is 30.8 Å². The number of nitrogens with zero attached hydrogens (tertiary/aromatic N) is 2. The molecule has 0 bridgehead atoms. The second-order valence-corrected chi connectivity index (χ2v) is 5.69. The Kier molecular flexibility index (Phi) is 6.58. The Labute approximate surface area is 146 Å². The van der Waals surface area contributed by atoms with E-state index in [-0.39, 0.29) is 23.1 Å². The van der Waals surface area contributed by atoms with Gasteiger partial charge in [0.1, 0.15) is 5.56 Å². The molecule has 1 amide bonds. The van der Waals surface area contributed by atoms with Crippen LogP contribution in [-0.2, 0) is 4.74 Å². The quantitative estimate of drug-likeness (QED) is 0.528. The van der Waals surface area contributed by atoms with Crippen LogP contribution in [0.4, 0.5) is 5.69 Å². The lowest BCUT2D eigenvalue weighted by Gasteiger charge is -2.24. The van der Waals surface area contributed by atoms with Crippen LogP contribution in [-0.4, -0.2) is 55.2 Å². The van der Waals surface area contributed by atoms with Gasteiger partial charge in [0, 0.05) is 25.8 Å². The molecule has 25 heavy (non-hydrogen) atoms. The minimum atomic E-state index is -0.578. The minimum absolute atomic E-state index is 0.00547. The molecule has 0 N–H and O–H groups in total. The zero-order valence-corrected chi connectivity index (χ0v) is 14.8. The van der Waals surface area contributed by atoms with Gasteiger partial charge in [-0.15, -0.1) is 0 Å². The summed E-state index contributed by atoms with van der Waals surface area (Å²) in [6.45, 7) is 5.53. The molecule has 0 saturated carbocycles. The fraction of sp³-hybridized carbons (Fsp3) is 0.588. The molecule has 0 spiro atoms. The normalized spacial score (nSPS) is 16.5. The van der Waals surface area contributed by atoms with E-state index in [1.54, 1.807) is 11.8 Å². The summed E-state index contributed by atoms with van der Waals surface area (Å²) in [6, 6.07) is 2.62. The first-order valence-corrected chi connectivity index (χ1v) is 8.41. The highest BCUT2D eigenvalue weighted by atomic mass is 16.6. The van der Waals surface area contributed by atoms with Gasteiger partial charge < -0.3 is 19.1 Å². The Bertz CT molecular complexity index is 628. The van der Waals surface area contributed by atoms with Crippen LogP contribution in [0.2, 0.25) is 0 Å². The van der Waals surface area contributed by atoms with Crippen LogP contribution in [0.3, 0.4) is 0 Å². The zero-order chi connectivity index (χ0) is 18.4. The number of nitro benzene ring substituents is 1. The van der Waals surface area contributed by atoms with Gasteiger partial charge in [0.15, 0.2) is 11.5 Å². The molecule has 1 aliphatic heterocycles. The third-order valence-corrected chi connectivity index (χ3v) is 4.13. The zero-order valence-electron chi connectivity index (χ0n) is 14.8. The molecule has 2 rings (SSSR count). The molecule has 1 unspecified atom stereocenters. The van der Waals surface area contributed by atoms with E-state index in [0.717, 1.165) is 12.8 Å². The number of likely N-dealkylation sites (N-methyl/N-ethyl adjacent to an activating group) is 1. The molecule has 138 valence electrons. The topological polar surface area (TPSA) is 91.1 Å². The number of hydrogen-bond donors (Lipinski definition) is 0. The SMILES string of the molecule is CCOc1cc(C(=O)N(CC)CC2CCCO2)c([N+](=O)[O-])cc1OC. The van der Waals surface area contributed by atoms with Gasteiger partial charge in [-0.05, 0) is 26.7 Å². The van der Waals surface area contributed by atoms with Crippen molar-refractivity contribution in [2.75, 3.05) is 33.4 Å². The first-order valence-electron chi connectivity index (χ1n) is 8.41. The van der Waals surface area contributed by atoms with Crippen LogP contribution in [0.25, 0.3) is 0 Å². The summed E-state index contributed by atoms with van der Waals surface area (Å²) in [5.74, 6) is 0.132. The Balaban J connectivity index is 2.37. The summed E-state index contributed by atoms with van der Waals surface area (Å²) in [4.78, 5) is 25.3. The lowest BCUT2D eigenvalue weighted by molar-refractivity contribution is -0.385. The lowest BCUT2D eigenvalue weighted by atomic mass is 10.1. The highest BCUT2D eigenvalue weighted by Crippen LogP contribution is 2.35. The molecule has 8 nitrogen and oxygen atoms in total. The number of nitro groups is 1.